The molecule has 1 atom stereocenters. The monoisotopic (exact) mass is 429 g/mol. The van der Waals surface area contributed by atoms with Crippen LogP contribution >= 0.6 is 11.6 Å². The number of carbonyl (C=O) groups is 2. The maximum Gasteiger partial charge on any atom is 0.295 e. The number of aryl methyl sites for hydroxylation is 1. The number of aliphatic hydroxyl groups is 1. The van der Waals surface area contributed by atoms with Crippen molar-refractivity contribution in [2.75, 3.05) is 27.4 Å². The lowest BCUT2D eigenvalue weighted by Gasteiger charge is -2.25. The molecule has 6 nitrogen and oxygen atoms in total. The highest BCUT2D eigenvalue weighted by Crippen LogP contribution is 2.40. The van der Waals surface area contributed by atoms with Gasteiger partial charge in [0.1, 0.15) is 11.5 Å². The number of hydrogen-bond donors (Lipinski definition) is 1. The Morgan fingerprint density at radius 1 is 1.13 bits per heavy atom. The Bertz CT molecular complexity index is 984. The maximum absolute atomic E-state index is 13.0. The van der Waals surface area contributed by atoms with Crippen molar-refractivity contribution < 1.29 is 24.2 Å². The number of benzene rings is 2. The van der Waals surface area contributed by atoms with Gasteiger partial charge in [-0.25, -0.2) is 0 Å². The summed E-state index contributed by atoms with van der Waals surface area (Å²) in [5, 5.41) is 11.7. The summed E-state index contributed by atoms with van der Waals surface area (Å²) in [4.78, 5) is 27.3. The Labute approximate surface area is 180 Å². The second-order valence-corrected chi connectivity index (χ2v) is 7.51. The summed E-state index contributed by atoms with van der Waals surface area (Å²) in [6, 6.07) is 11.4. The number of carbonyl (C=O) groups excluding carboxylic acids is 2. The first-order chi connectivity index (χ1) is 14.4. The quantitative estimate of drug-likeness (QED) is 0.310. The van der Waals surface area contributed by atoms with E-state index in [0.717, 1.165) is 5.56 Å². The van der Waals surface area contributed by atoms with Crippen molar-refractivity contribution in [2.24, 2.45) is 0 Å². The van der Waals surface area contributed by atoms with E-state index in [0.29, 0.717) is 41.5 Å². The van der Waals surface area contributed by atoms with Crippen LogP contribution < -0.4 is 4.74 Å². The van der Waals surface area contributed by atoms with Crippen LogP contribution in [-0.4, -0.2) is 49.1 Å². The molecule has 1 N–H and O–H groups in total. The summed E-state index contributed by atoms with van der Waals surface area (Å²) in [5.74, 6) is -0.917. The third-order valence-corrected chi connectivity index (χ3v) is 5.41. The molecule has 0 unspecified atom stereocenters. The molecular formula is C23H24ClNO5. The van der Waals surface area contributed by atoms with Gasteiger partial charge in [-0.15, -0.1) is 0 Å². The fourth-order valence-corrected chi connectivity index (χ4v) is 3.78. The maximum atomic E-state index is 13.0. The minimum absolute atomic E-state index is 0.0630. The molecule has 0 saturated carbocycles. The third kappa shape index (κ3) is 4.20. The number of Topliss-reactive ketones (excluding diaryl/α,β-unsaturated/α-hetero) is 1. The van der Waals surface area contributed by atoms with E-state index in [2.05, 4.69) is 0 Å². The van der Waals surface area contributed by atoms with Crippen molar-refractivity contribution in [3.63, 3.8) is 0 Å². The molecule has 3 rings (SSSR count). The minimum atomic E-state index is -0.708. The number of amides is 1. The average molecular weight is 430 g/mol. The van der Waals surface area contributed by atoms with Gasteiger partial charge in [-0.2, -0.15) is 0 Å². The zero-order valence-corrected chi connectivity index (χ0v) is 17.9. The largest absolute Gasteiger partial charge is 0.507 e. The first kappa shape index (κ1) is 21.9. The lowest BCUT2D eigenvalue weighted by molar-refractivity contribution is -0.140. The molecule has 1 amide bonds. The van der Waals surface area contributed by atoms with E-state index in [9.17, 15) is 14.7 Å². The minimum Gasteiger partial charge on any atom is -0.507 e. The summed E-state index contributed by atoms with van der Waals surface area (Å²) < 4.78 is 10.3. The number of aliphatic hydroxyl groups excluding tert-OH is 1. The molecule has 0 bridgehead atoms. The smallest absolute Gasteiger partial charge is 0.295 e. The number of nitrogens with zero attached hydrogens (tertiary/aromatic N) is 1. The van der Waals surface area contributed by atoms with Crippen LogP contribution in [0.2, 0.25) is 5.02 Å². The standard InChI is InChI=1S/C23H24ClNO5/c1-14-13-17(30-3)9-10-18(14)21(26)19-20(15-5-7-16(24)8-6-15)25(11-4-12-29-2)23(28)22(19)27/h5-10,13,20,26H,4,11-12H2,1-3H3/b21-19+/t20-/m0/s1. The molecule has 1 saturated heterocycles. The molecule has 0 radical (unpaired) electrons. The second-order valence-electron chi connectivity index (χ2n) is 7.07. The number of ketones is 1. The summed E-state index contributed by atoms with van der Waals surface area (Å²) >= 11 is 6.02. The molecule has 0 spiro atoms. The number of rotatable bonds is 7. The van der Waals surface area contributed by atoms with Crippen LogP contribution in [0.4, 0.5) is 0 Å². The van der Waals surface area contributed by atoms with E-state index in [1.807, 2.05) is 6.92 Å². The van der Waals surface area contributed by atoms with Crippen LogP contribution in [0.25, 0.3) is 5.76 Å². The Morgan fingerprint density at radius 2 is 1.83 bits per heavy atom. The number of halogens is 1. The van der Waals surface area contributed by atoms with Crippen LogP contribution in [0.5, 0.6) is 5.75 Å². The zero-order valence-electron chi connectivity index (χ0n) is 17.1. The molecule has 30 heavy (non-hydrogen) atoms. The molecule has 1 aliphatic heterocycles. The van der Waals surface area contributed by atoms with Crippen molar-refractivity contribution in [3.8, 4) is 5.75 Å². The molecule has 1 fully saturated rings. The van der Waals surface area contributed by atoms with Crippen molar-refractivity contribution in [2.45, 2.75) is 19.4 Å². The Balaban J connectivity index is 2.13. The lowest BCUT2D eigenvalue weighted by atomic mass is 9.94. The van der Waals surface area contributed by atoms with Gasteiger partial charge in [0.2, 0.25) is 0 Å². The molecule has 0 aliphatic carbocycles. The van der Waals surface area contributed by atoms with E-state index in [1.54, 1.807) is 56.7 Å². The van der Waals surface area contributed by atoms with Crippen molar-refractivity contribution in [1.82, 2.24) is 4.90 Å². The molecule has 7 heteroatoms. The van der Waals surface area contributed by atoms with Gasteiger partial charge in [-0.05, 0) is 54.8 Å². The summed E-state index contributed by atoms with van der Waals surface area (Å²) in [5.41, 5.74) is 1.97. The van der Waals surface area contributed by atoms with Gasteiger partial charge >= 0.3 is 0 Å². The van der Waals surface area contributed by atoms with Crippen LogP contribution in [0.1, 0.15) is 29.2 Å². The molecule has 2 aromatic carbocycles. The fraction of sp³-hybridized carbons (Fsp3) is 0.304. The first-order valence-electron chi connectivity index (χ1n) is 9.56. The van der Waals surface area contributed by atoms with Crippen LogP contribution in [0, 0.1) is 6.92 Å². The van der Waals surface area contributed by atoms with Gasteiger partial charge in [-0.3, -0.25) is 9.59 Å². The highest BCUT2D eigenvalue weighted by Gasteiger charge is 2.45. The van der Waals surface area contributed by atoms with E-state index in [-0.39, 0.29) is 11.3 Å². The summed E-state index contributed by atoms with van der Waals surface area (Å²) in [7, 11) is 3.14. The van der Waals surface area contributed by atoms with E-state index < -0.39 is 17.7 Å². The lowest BCUT2D eigenvalue weighted by Crippen LogP contribution is -2.31. The van der Waals surface area contributed by atoms with E-state index in [4.69, 9.17) is 21.1 Å². The third-order valence-electron chi connectivity index (χ3n) is 5.16. The Hall–Kier alpha value is -2.83. The van der Waals surface area contributed by atoms with Gasteiger partial charge in [0.25, 0.3) is 11.7 Å². The highest BCUT2D eigenvalue weighted by atomic mass is 35.5. The molecule has 1 heterocycles. The van der Waals surface area contributed by atoms with E-state index in [1.165, 1.54) is 4.90 Å². The number of methoxy groups -OCH3 is 2. The SMILES string of the molecule is COCCCN1C(=O)C(=O)/C(=C(/O)c2ccc(OC)cc2C)[C@@H]1c1ccc(Cl)cc1. The number of hydrogen-bond acceptors (Lipinski definition) is 5. The topological polar surface area (TPSA) is 76.1 Å². The average Bonchev–Trinajstić information content (AvgIpc) is 2.99. The number of likely N-dealkylation sites (tertiary alicyclic amines) is 1. The summed E-state index contributed by atoms with van der Waals surface area (Å²) in [6.07, 6.45) is 0.565. The van der Waals surface area contributed by atoms with Crippen molar-refractivity contribution in [1.29, 1.82) is 0 Å². The predicted molar refractivity (Wildman–Crippen MR) is 115 cm³/mol. The van der Waals surface area contributed by atoms with Gasteiger partial charge in [0, 0.05) is 30.8 Å². The zero-order chi connectivity index (χ0) is 21.8. The van der Waals surface area contributed by atoms with Gasteiger partial charge in [0.15, 0.2) is 0 Å². The normalized spacial score (nSPS) is 18.1. The fourth-order valence-electron chi connectivity index (χ4n) is 3.66. The molecule has 1 aliphatic rings. The predicted octanol–water partition coefficient (Wildman–Crippen LogP) is 4.12. The summed E-state index contributed by atoms with van der Waals surface area (Å²) in [6.45, 7) is 2.58. The van der Waals surface area contributed by atoms with Gasteiger partial charge in [0.05, 0.1) is 18.7 Å². The van der Waals surface area contributed by atoms with E-state index >= 15 is 0 Å². The van der Waals surface area contributed by atoms with Gasteiger partial charge < -0.3 is 19.5 Å². The van der Waals surface area contributed by atoms with Crippen LogP contribution in [0.15, 0.2) is 48.0 Å². The number of ether oxygens (including phenoxy) is 2. The molecule has 2 aromatic rings. The Morgan fingerprint density at radius 3 is 2.43 bits per heavy atom. The van der Waals surface area contributed by atoms with Gasteiger partial charge in [-0.1, -0.05) is 23.7 Å². The van der Waals surface area contributed by atoms with Crippen LogP contribution in [0.3, 0.4) is 0 Å². The van der Waals surface area contributed by atoms with Crippen molar-refractivity contribution in [3.05, 3.63) is 69.8 Å². The van der Waals surface area contributed by atoms with Crippen LogP contribution in [-0.2, 0) is 14.3 Å². The van der Waals surface area contributed by atoms with Crippen molar-refractivity contribution >= 4 is 29.1 Å². The molecule has 158 valence electrons. The Kier molecular flexibility index (Phi) is 6.80. The molecular weight excluding hydrogens is 406 g/mol. The first-order valence-corrected chi connectivity index (χ1v) is 9.94. The molecule has 0 aromatic heterocycles. The highest BCUT2D eigenvalue weighted by molar-refractivity contribution is 6.46. The second kappa shape index (κ2) is 9.32.